The van der Waals surface area contributed by atoms with Crippen molar-refractivity contribution in [3.63, 3.8) is 0 Å². The van der Waals surface area contributed by atoms with E-state index in [0.717, 1.165) is 0 Å². The van der Waals surface area contributed by atoms with Gasteiger partial charge in [0.1, 0.15) is 0 Å². The van der Waals surface area contributed by atoms with Gasteiger partial charge in [0.15, 0.2) is 0 Å². The molecule has 0 amide bonds. The lowest BCUT2D eigenvalue weighted by Gasteiger charge is -2.34. The van der Waals surface area contributed by atoms with Crippen molar-refractivity contribution in [3.8, 4) is 0 Å². The third kappa shape index (κ3) is 7.95. The third-order valence-corrected chi connectivity index (χ3v) is 4.30. The molecule has 0 aromatic carbocycles. The van der Waals surface area contributed by atoms with Gasteiger partial charge in [0.2, 0.25) is 0 Å². The van der Waals surface area contributed by atoms with Gasteiger partial charge >= 0.3 is 0 Å². The van der Waals surface area contributed by atoms with Crippen LogP contribution in [0.5, 0.6) is 0 Å². The highest BCUT2D eigenvalue weighted by atomic mass is 14.3. The molecular formula is C18H36. The van der Waals surface area contributed by atoms with Gasteiger partial charge in [-0.3, -0.25) is 0 Å². The van der Waals surface area contributed by atoms with Crippen LogP contribution in [-0.4, -0.2) is 0 Å². The molecule has 0 saturated carbocycles. The summed E-state index contributed by atoms with van der Waals surface area (Å²) in [5, 5.41) is 0. The summed E-state index contributed by atoms with van der Waals surface area (Å²) in [5.41, 5.74) is 0.658. The van der Waals surface area contributed by atoms with Gasteiger partial charge in [0, 0.05) is 0 Å². The first-order chi connectivity index (χ1) is 8.74. The van der Waals surface area contributed by atoms with Crippen LogP contribution in [0.1, 0.15) is 97.8 Å². The monoisotopic (exact) mass is 252 g/mol. The van der Waals surface area contributed by atoms with Gasteiger partial charge < -0.3 is 0 Å². The van der Waals surface area contributed by atoms with Crippen LogP contribution in [0.4, 0.5) is 0 Å². The zero-order valence-corrected chi connectivity index (χ0v) is 13.3. The lowest BCUT2D eigenvalue weighted by Crippen LogP contribution is -2.21. The molecule has 0 fully saturated rings. The lowest BCUT2D eigenvalue weighted by molar-refractivity contribution is 0.178. The van der Waals surface area contributed by atoms with Gasteiger partial charge in [-0.1, -0.05) is 65.4 Å². The van der Waals surface area contributed by atoms with Crippen molar-refractivity contribution in [2.75, 3.05) is 0 Å². The molecule has 0 radical (unpaired) electrons. The molecule has 0 nitrogen and oxygen atoms in total. The van der Waals surface area contributed by atoms with Crippen LogP contribution in [0.2, 0.25) is 0 Å². The van der Waals surface area contributed by atoms with Crippen molar-refractivity contribution in [2.45, 2.75) is 97.8 Å². The lowest BCUT2D eigenvalue weighted by atomic mass is 9.71. The van der Waals surface area contributed by atoms with Crippen LogP contribution in [0, 0.1) is 5.41 Å². The van der Waals surface area contributed by atoms with Crippen molar-refractivity contribution < 1.29 is 0 Å². The van der Waals surface area contributed by atoms with Crippen LogP contribution in [-0.2, 0) is 0 Å². The van der Waals surface area contributed by atoms with Gasteiger partial charge in [-0.05, 0) is 43.9 Å². The maximum absolute atomic E-state index is 3.87. The van der Waals surface area contributed by atoms with E-state index in [9.17, 15) is 0 Å². The van der Waals surface area contributed by atoms with E-state index in [0.29, 0.717) is 5.41 Å². The molecule has 0 aliphatic rings. The zero-order valence-electron chi connectivity index (χ0n) is 13.3. The molecule has 0 aliphatic heterocycles. The van der Waals surface area contributed by atoms with Crippen LogP contribution in [0.15, 0.2) is 12.7 Å². The Kier molecular flexibility index (Phi) is 11.6. The van der Waals surface area contributed by atoms with Crippen molar-refractivity contribution in [1.29, 1.82) is 0 Å². The summed E-state index contributed by atoms with van der Waals surface area (Å²) >= 11 is 0. The van der Waals surface area contributed by atoms with Gasteiger partial charge in [0.05, 0.1) is 0 Å². The van der Waals surface area contributed by atoms with Crippen LogP contribution >= 0.6 is 0 Å². The number of rotatable bonds is 13. The van der Waals surface area contributed by atoms with Crippen molar-refractivity contribution in [1.82, 2.24) is 0 Å². The van der Waals surface area contributed by atoms with E-state index in [1.807, 2.05) is 0 Å². The maximum Gasteiger partial charge on any atom is -0.0297 e. The number of unbranched alkanes of at least 4 members (excludes halogenated alkanes) is 4. The van der Waals surface area contributed by atoms with E-state index in [4.69, 9.17) is 0 Å². The van der Waals surface area contributed by atoms with E-state index in [2.05, 4.69) is 33.4 Å². The standard InChI is InChI=1S/C18H36/c1-5-9-13-17-18(14-10-6-2,15-11-7-3)16-12-8-4/h5H,1,6-17H2,2-4H3. The zero-order chi connectivity index (χ0) is 13.7. The average Bonchev–Trinajstić information content (AvgIpc) is 2.40. The van der Waals surface area contributed by atoms with E-state index >= 15 is 0 Å². The summed E-state index contributed by atoms with van der Waals surface area (Å²) in [7, 11) is 0. The Hall–Kier alpha value is -0.260. The van der Waals surface area contributed by atoms with Gasteiger partial charge in [0.25, 0.3) is 0 Å². The average molecular weight is 252 g/mol. The SMILES string of the molecule is C=CCCCC(CCCC)(CCCC)CCCC. The molecule has 0 heteroatoms. The molecule has 0 N–H and O–H groups in total. The summed E-state index contributed by atoms with van der Waals surface area (Å²) in [4.78, 5) is 0. The molecule has 0 aromatic heterocycles. The summed E-state index contributed by atoms with van der Waals surface area (Å²) in [5.74, 6) is 0. The summed E-state index contributed by atoms with van der Waals surface area (Å²) in [6, 6.07) is 0. The van der Waals surface area contributed by atoms with Gasteiger partial charge in [-0.25, -0.2) is 0 Å². The van der Waals surface area contributed by atoms with E-state index in [-0.39, 0.29) is 0 Å². The fourth-order valence-electron chi connectivity index (χ4n) is 3.03. The number of hydrogen-bond acceptors (Lipinski definition) is 0. The fraction of sp³-hybridized carbons (Fsp3) is 0.889. The third-order valence-electron chi connectivity index (χ3n) is 4.30. The molecule has 0 spiro atoms. The van der Waals surface area contributed by atoms with E-state index < -0.39 is 0 Å². The molecule has 0 unspecified atom stereocenters. The predicted octanol–water partition coefficient (Wildman–Crippen LogP) is 6.90. The highest BCUT2D eigenvalue weighted by Crippen LogP contribution is 2.41. The predicted molar refractivity (Wildman–Crippen MR) is 85.1 cm³/mol. The first kappa shape index (κ1) is 17.7. The second-order valence-electron chi connectivity index (χ2n) is 5.99. The van der Waals surface area contributed by atoms with Crippen LogP contribution < -0.4 is 0 Å². The first-order valence-electron chi connectivity index (χ1n) is 8.35. The number of allylic oxidation sites excluding steroid dienone is 1. The summed E-state index contributed by atoms with van der Waals surface area (Å²) in [6.45, 7) is 10.8. The molecule has 0 rings (SSSR count). The first-order valence-corrected chi connectivity index (χ1v) is 8.35. The quantitative estimate of drug-likeness (QED) is 0.247. The molecule has 0 aromatic rings. The fourth-order valence-corrected chi connectivity index (χ4v) is 3.03. The normalized spacial score (nSPS) is 11.7. The maximum atomic E-state index is 3.87. The summed E-state index contributed by atoms with van der Waals surface area (Å²) in [6.07, 6.45) is 18.7. The smallest absolute Gasteiger partial charge is 0.0297 e. The Morgan fingerprint density at radius 1 is 0.722 bits per heavy atom. The minimum Gasteiger partial charge on any atom is -0.103 e. The molecule has 0 atom stereocenters. The Bertz CT molecular complexity index is 159. The minimum absolute atomic E-state index is 0.658. The molecule has 108 valence electrons. The Morgan fingerprint density at radius 2 is 1.11 bits per heavy atom. The molecular weight excluding hydrogens is 216 g/mol. The van der Waals surface area contributed by atoms with Crippen LogP contribution in [0.25, 0.3) is 0 Å². The van der Waals surface area contributed by atoms with Gasteiger partial charge in [-0.2, -0.15) is 0 Å². The second kappa shape index (κ2) is 11.8. The van der Waals surface area contributed by atoms with Crippen molar-refractivity contribution in [2.24, 2.45) is 5.41 Å². The largest absolute Gasteiger partial charge is 0.103 e. The second-order valence-corrected chi connectivity index (χ2v) is 5.99. The Morgan fingerprint density at radius 3 is 1.44 bits per heavy atom. The highest BCUT2D eigenvalue weighted by Gasteiger charge is 2.27. The molecule has 18 heavy (non-hydrogen) atoms. The number of hydrogen-bond donors (Lipinski definition) is 0. The molecule has 0 heterocycles. The topological polar surface area (TPSA) is 0 Å². The minimum atomic E-state index is 0.658. The van der Waals surface area contributed by atoms with E-state index in [1.165, 1.54) is 77.0 Å². The van der Waals surface area contributed by atoms with Crippen LogP contribution in [0.3, 0.4) is 0 Å². The summed E-state index contributed by atoms with van der Waals surface area (Å²) < 4.78 is 0. The van der Waals surface area contributed by atoms with Crippen molar-refractivity contribution in [3.05, 3.63) is 12.7 Å². The molecule has 0 aliphatic carbocycles. The Labute approximate surface area is 116 Å². The molecule has 0 bridgehead atoms. The van der Waals surface area contributed by atoms with E-state index in [1.54, 1.807) is 0 Å². The molecule has 0 saturated heterocycles. The van der Waals surface area contributed by atoms with Crippen molar-refractivity contribution >= 4 is 0 Å². The highest BCUT2D eigenvalue weighted by molar-refractivity contribution is 4.81. The Balaban J connectivity index is 4.45. The van der Waals surface area contributed by atoms with Gasteiger partial charge in [-0.15, -0.1) is 6.58 Å².